The van der Waals surface area contributed by atoms with Crippen LogP contribution in [-0.4, -0.2) is 13.5 Å². The fraction of sp³-hybridized carbons (Fsp3) is 0.571. The summed E-state index contributed by atoms with van der Waals surface area (Å²) in [6.07, 6.45) is -0.811. The molecule has 0 heterocycles. The summed E-state index contributed by atoms with van der Waals surface area (Å²) in [6, 6.07) is 3.74. The third-order valence-electron chi connectivity index (χ3n) is 2.96. The number of alkyl halides is 3. The Labute approximate surface area is 129 Å². The Hall–Kier alpha value is -1.14. The molecule has 122 valence electrons. The maximum atomic E-state index is 12.2. The fourth-order valence-corrected chi connectivity index (χ4v) is 1.96. The van der Waals surface area contributed by atoms with Crippen molar-refractivity contribution in [2.75, 3.05) is 7.11 Å². The van der Waals surface area contributed by atoms with Crippen molar-refractivity contribution in [3.63, 3.8) is 0 Å². The predicted molar refractivity (Wildman–Crippen MR) is 78.0 cm³/mol. The second-order valence-corrected chi connectivity index (χ2v) is 4.55. The summed E-state index contributed by atoms with van der Waals surface area (Å²) in [7, 11) is 1.40. The summed E-state index contributed by atoms with van der Waals surface area (Å²) in [5, 5.41) is 0. The maximum absolute atomic E-state index is 12.2. The fourth-order valence-electron chi connectivity index (χ4n) is 1.96. The van der Waals surface area contributed by atoms with E-state index in [9.17, 15) is 13.2 Å². The lowest BCUT2D eigenvalue weighted by Crippen LogP contribution is -2.17. The minimum atomic E-state index is -4.71. The molecule has 0 saturated carbocycles. The zero-order valence-electron chi connectivity index (χ0n) is 12.1. The summed E-state index contributed by atoms with van der Waals surface area (Å²) >= 11 is 0. The van der Waals surface area contributed by atoms with E-state index in [2.05, 4.69) is 11.7 Å². The summed E-state index contributed by atoms with van der Waals surface area (Å²) in [4.78, 5) is 0. The van der Waals surface area contributed by atoms with Crippen LogP contribution < -0.4 is 15.2 Å². The lowest BCUT2D eigenvalue weighted by Gasteiger charge is -2.17. The molecule has 1 aromatic rings. The van der Waals surface area contributed by atoms with Crippen molar-refractivity contribution in [2.45, 2.75) is 45.0 Å². The Balaban J connectivity index is 0.00000400. The van der Waals surface area contributed by atoms with Gasteiger partial charge in [-0.2, -0.15) is 0 Å². The van der Waals surface area contributed by atoms with Crippen LogP contribution in [0, 0.1) is 0 Å². The number of unbranched alkanes of at least 4 members (excludes halogenated alkanes) is 2. The highest BCUT2D eigenvalue weighted by molar-refractivity contribution is 5.85. The number of hydrogen-bond acceptors (Lipinski definition) is 3. The highest BCUT2D eigenvalue weighted by Gasteiger charge is 2.31. The normalized spacial score (nSPS) is 12.5. The van der Waals surface area contributed by atoms with Crippen LogP contribution in [0.4, 0.5) is 13.2 Å². The monoisotopic (exact) mass is 327 g/mol. The van der Waals surface area contributed by atoms with E-state index in [0.717, 1.165) is 25.7 Å². The van der Waals surface area contributed by atoms with E-state index in [0.29, 0.717) is 11.3 Å². The van der Waals surface area contributed by atoms with Gasteiger partial charge in [0.05, 0.1) is 7.11 Å². The third-order valence-corrected chi connectivity index (χ3v) is 2.96. The Morgan fingerprint density at radius 1 is 1.24 bits per heavy atom. The standard InChI is InChI=1S/C14H20F3NO2.ClH/c1-3-4-5-6-12(18)11-8-7-10(9-13(11)19-2)20-14(15,16)17;/h7-9,12H,3-6,18H2,1-2H3;1H/t12-;/m1./s1. The SMILES string of the molecule is CCCCC[C@@H](N)c1ccc(OC(F)(F)F)cc1OC.Cl. The highest BCUT2D eigenvalue weighted by Crippen LogP contribution is 2.32. The zero-order chi connectivity index (χ0) is 15.2. The van der Waals surface area contributed by atoms with E-state index in [1.807, 2.05) is 0 Å². The smallest absolute Gasteiger partial charge is 0.496 e. The second-order valence-electron chi connectivity index (χ2n) is 4.55. The molecule has 0 saturated heterocycles. The van der Waals surface area contributed by atoms with Gasteiger partial charge in [0.1, 0.15) is 11.5 Å². The van der Waals surface area contributed by atoms with Crippen molar-refractivity contribution in [3.05, 3.63) is 23.8 Å². The molecule has 1 rings (SSSR count). The van der Waals surface area contributed by atoms with Crippen LogP contribution in [0.5, 0.6) is 11.5 Å². The van der Waals surface area contributed by atoms with Crippen molar-refractivity contribution in [1.82, 2.24) is 0 Å². The number of nitrogens with two attached hydrogens (primary N) is 1. The lowest BCUT2D eigenvalue weighted by molar-refractivity contribution is -0.274. The first-order valence-electron chi connectivity index (χ1n) is 6.56. The molecular formula is C14H21ClF3NO2. The predicted octanol–water partition coefficient (Wildman–Crippen LogP) is 4.60. The molecule has 0 spiro atoms. The van der Waals surface area contributed by atoms with E-state index < -0.39 is 6.36 Å². The Kier molecular flexibility index (Phi) is 8.51. The average Bonchev–Trinajstić information content (AvgIpc) is 2.36. The number of methoxy groups -OCH3 is 1. The molecule has 21 heavy (non-hydrogen) atoms. The molecule has 0 aliphatic carbocycles. The quantitative estimate of drug-likeness (QED) is 0.745. The molecule has 0 bridgehead atoms. The van der Waals surface area contributed by atoms with Crippen LogP contribution in [0.2, 0.25) is 0 Å². The van der Waals surface area contributed by atoms with Gasteiger partial charge in [-0.1, -0.05) is 32.3 Å². The summed E-state index contributed by atoms with van der Waals surface area (Å²) in [6.45, 7) is 2.09. The van der Waals surface area contributed by atoms with Crippen LogP contribution in [0.1, 0.15) is 44.2 Å². The first-order valence-corrected chi connectivity index (χ1v) is 6.56. The van der Waals surface area contributed by atoms with E-state index in [1.165, 1.54) is 25.3 Å². The van der Waals surface area contributed by atoms with Crippen LogP contribution in [0.15, 0.2) is 18.2 Å². The maximum Gasteiger partial charge on any atom is 0.573 e. The molecule has 1 atom stereocenters. The zero-order valence-corrected chi connectivity index (χ0v) is 12.9. The van der Waals surface area contributed by atoms with Crippen molar-refractivity contribution in [2.24, 2.45) is 5.73 Å². The van der Waals surface area contributed by atoms with Crippen molar-refractivity contribution < 1.29 is 22.6 Å². The van der Waals surface area contributed by atoms with E-state index >= 15 is 0 Å². The first kappa shape index (κ1) is 19.9. The van der Waals surface area contributed by atoms with Gasteiger partial charge >= 0.3 is 6.36 Å². The summed E-state index contributed by atoms with van der Waals surface area (Å²) < 4.78 is 45.4. The topological polar surface area (TPSA) is 44.5 Å². The van der Waals surface area contributed by atoms with Crippen LogP contribution >= 0.6 is 12.4 Å². The molecule has 0 fully saturated rings. The third kappa shape index (κ3) is 6.91. The van der Waals surface area contributed by atoms with Gasteiger partial charge in [-0.25, -0.2) is 0 Å². The Bertz CT molecular complexity index is 427. The van der Waals surface area contributed by atoms with Gasteiger partial charge in [0, 0.05) is 17.7 Å². The molecule has 0 aliphatic rings. The van der Waals surface area contributed by atoms with E-state index in [4.69, 9.17) is 10.5 Å². The van der Waals surface area contributed by atoms with Crippen molar-refractivity contribution >= 4 is 12.4 Å². The Morgan fingerprint density at radius 2 is 1.90 bits per heavy atom. The van der Waals surface area contributed by atoms with Crippen LogP contribution in [-0.2, 0) is 0 Å². The summed E-state index contributed by atoms with van der Waals surface area (Å²) in [5.74, 6) is 0.00890. The van der Waals surface area contributed by atoms with Crippen LogP contribution in [0.25, 0.3) is 0 Å². The lowest BCUT2D eigenvalue weighted by atomic mass is 10.0. The van der Waals surface area contributed by atoms with Gasteiger partial charge in [-0.3, -0.25) is 0 Å². The summed E-state index contributed by atoms with van der Waals surface area (Å²) in [5.41, 5.74) is 6.74. The molecule has 2 N–H and O–H groups in total. The molecular weight excluding hydrogens is 307 g/mol. The molecule has 0 aliphatic heterocycles. The minimum Gasteiger partial charge on any atom is -0.496 e. The molecule has 1 aromatic carbocycles. The molecule has 0 unspecified atom stereocenters. The molecule has 7 heteroatoms. The number of rotatable bonds is 7. The number of halogens is 4. The molecule has 0 radical (unpaired) electrons. The van der Waals surface area contributed by atoms with Crippen LogP contribution in [0.3, 0.4) is 0 Å². The van der Waals surface area contributed by atoms with Gasteiger partial charge in [0.25, 0.3) is 0 Å². The molecule has 0 aromatic heterocycles. The molecule has 0 amide bonds. The molecule has 3 nitrogen and oxygen atoms in total. The largest absolute Gasteiger partial charge is 0.573 e. The number of benzene rings is 1. The van der Waals surface area contributed by atoms with Crippen molar-refractivity contribution in [3.8, 4) is 11.5 Å². The van der Waals surface area contributed by atoms with E-state index in [-0.39, 0.29) is 24.2 Å². The van der Waals surface area contributed by atoms with Gasteiger partial charge in [-0.05, 0) is 12.5 Å². The Morgan fingerprint density at radius 3 is 2.43 bits per heavy atom. The average molecular weight is 328 g/mol. The van der Waals surface area contributed by atoms with Gasteiger partial charge in [0.15, 0.2) is 0 Å². The van der Waals surface area contributed by atoms with Gasteiger partial charge < -0.3 is 15.2 Å². The number of ether oxygens (including phenoxy) is 2. The highest BCUT2D eigenvalue weighted by atomic mass is 35.5. The number of hydrogen-bond donors (Lipinski definition) is 1. The second kappa shape index (κ2) is 9.00. The van der Waals surface area contributed by atoms with Gasteiger partial charge in [-0.15, -0.1) is 25.6 Å². The first-order chi connectivity index (χ1) is 9.37. The minimum absolute atomic E-state index is 0. The van der Waals surface area contributed by atoms with Crippen molar-refractivity contribution in [1.29, 1.82) is 0 Å². The van der Waals surface area contributed by atoms with E-state index in [1.54, 1.807) is 0 Å². The van der Waals surface area contributed by atoms with Gasteiger partial charge in [0.2, 0.25) is 0 Å².